The maximum atomic E-state index is 12.4. The molecular formula is C46H87NO4. The highest BCUT2D eigenvalue weighted by Crippen LogP contribution is 2.15. The first-order valence-corrected chi connectivity index (χ1v) is 22.3. The summed E-state index contributed by atoms with van der Waals surface area (Å²) in [6, 6.07) is -0.762. The average molecular weight is 718 g/mol. The molecular weight excluding hydrogens is 631 g/mol. The molecule has 0 spiro atoms. The van der Waals surface area contributed by atoms with E-state index >= 15 is 0 Å². The molecule has 3 unspecified atom stereocenters. The second kappa shape index (κ2) is 41.3. The molecule has 0 aromatic heterocycles. The molecule has 300 valence electrons. The standard InChI is InChI=1S/C46H87NO4/c1-3-5-7-9-11-13-15-17-19-20-21-22-23-24-26-27-29-31-33-35-37-39-43(49)41-46(51)47-44(42-48)45(50)40-38-36-34-32-30-28-25-18-16-14-12-10-8-6-4-2/h24,26,30,32,38,40,43-45,48-50H,3-23,25,27-29,31,33-37,39,41-42H2,1-2H3,(H,47,51)/b26-24-,32-30+,40-38+. The molecule has 0 aromatic rings. The van der Waals surface area contributed by atoms with Crippen LogP contribution in [0.1, 0.15) is 226 Å². The maximum Gasteiger partial charge on any atom is 0.222 e. The number of nitrogens with one attached hydrogen (secondary N) is 1. The smallest absolute Gasteiger partial charge is 0.222 e. The molecule has 4 N–H and O–H groups in total. The Labute approximate surface area is 317 Å². The zero-order valence-electron chi connectivity index (χ0n) is 34.0. The van der Waals surface area contributed by atoms with E-state index in [0.717, 1.165) is 44.9 Å². The van der Waals surface area contributed by atoms with Crippen LogP contribution in [0.3, 0.4) is 0 Å². The van der Waals surface area contributed by atoms with Crippen LogP contribution in [-0.2, 0) is 4.79 Å². The van der Waals surface area contributed by atoms with Gasteiger partial charge in [0, 0.05) is 0 Å². The van der Waals surface area contributed by atoms with Crippen LogP contribution >= 0.6 is 0 Å². The third kappa shape index (κ3) is 38.1. The molecule has 0 aliphatic carbocycles. The SMILES string of the molecule is CCCCCCCCCCC/C=C/CC/C=C/C(O)C(CO)NC(=O)CC(O)CCCCCCC/C=C\CCCCCCCCCCCCCC. The van der Waals surface area contributed by atoms with Gasteiger partial charge >= 0.3 is 0 Å². The van der Waals surface area contributed by atoms with E-state index in [1.165, 1.54) is 154 Å². The number of allylic oxidation sites excluding steroid dienone is 5. The van der Waals surface area contributed by atoms with Crippen LogP contribution in [-0.4, -0.2) is 46.1 Å². The summed E-state index contributed by atoms with van der Waals surface area (Å²) in [7, 11) is 0. The van der Waals surface area contributed by atoms with Crippen LogP contribution < -0.4 is 5.32 Å². The monoisotopic (exact) mass is 718 g/mol. The summed E-state index contributed by atoms with van der Waals surface area (Å²) in [5.41, 5.74) is 0. The summed E-state index contributed by atoms with van der Waals surface area (Å²) in [5, 5.41) is 33.2. The first-order valence-electron chi connectivity index (χ1n) is 22.3. The summed E-state index contributed by atoms with van der Waals surface area (Å²) < 4.78 is 0. The van der Waals surface area contributed by atoms with Gasteiger partial charge in [0.05, 0.1) is 31.3 Å². The first kappa shape index (κ1) is 49.6. The molecule has 0 heterocycles. The molecule has 5 nitrogen and oxygen atoms in total. The minimum absolute atomic E-state index is 0.000671. The fourth-order valence-electron chi connectivity index (χ4n) is 6.70. The normalized spacial score (nSPS) is 13.9. The van der Waals surface area contributed by atoms with Gasteiger partial charge < -0.3 is 20.6 Å². The molecule has 5 heteroatoms. The van der Waals surface area contributed by atoms with Crippen LogP contribution in [0.2, 0.25) is 0 Å². The Kier molecular flexibility index (Phi) is 40.2. The van der Waals surface area contributed by atoms with Gasteiger partial charge in [0.25, 0.3) is 0 Å². The molecule has 0 saturated heterocycles. The minimum Gasteiger partial charge on any atom is -0.394 e. The summed E-state index contributed by atoms with van der Waals surface area (Å²) in [6.07, 6.45) is 51.5. The zero-order chi connectivity index (χ0) is 37.3. The number of hydrogen-bond acceptors (Lipinski definition) is 4. The van der Waals surface area contributed by atoms with Gasteiger partial charge in [-0.15, -0.1) is 0 Å². The van der Waals surface area contributed by atoms with E-state index in [2.05, 4.69) is 43.5 Å². The van der Waals surface area contributed by atoms with Crippen molar-refractivity contribution < 1.29 is 20.1 Å². The van der Waals surface area contributed by atoms with Crippen LogP contribution in [0.5, 0.6) is 0 Å². The summed E-state index contributed by atoms with van der Waals surface area (Å²) >= 11 is 0. The van der Waals surface area contributed by atoms with Crippen molar-refractivity contribution >= 4 is 5.91 Å². The van der Waals surface area contributed by atoms with Gasteiger partial charge in [-0.05, 0) is 57.8 Å². The summed E-state index contributed by atoms with van der Waals surface area (Å²) in [5.74, 6) is -0.330. The Balaban J connectivity index is 3.69. The molecule has 3 atom stereocenters. The Bertz CT molecular complexity index is 794. The highest BCUT2D eigenvalue weighted by Gasteiger charge is 2.20. The van der Waals surface area contributed by atoms with Gasteiger partial charge in [-0.25, -0.2) is 0 Å². The van der Waals surface area contributed by atoms with Gasteiger partial charge in [0.2, 0.25) is 5.91 Å². The predicted octanol–water partition coefficient (Wildman–Crippen LogP) is 12.8. The van der Waals surface area contributed by atoms with Crippen molar-refractivity contribution in [2.75, 3.05) is 6.61 Å². The van der Waals surface area contributed by atoms with Crippen molar-refractivity contribution in [2.45, 2.75) is 244 Å². The quantitative estimate of drug-likeness (QED) is 0.0375. The molecule has 0 saturated carbocycles. The first-order chi connectivity index (χ1) is 25.0. The summed E-state index contributed by atoms with van der Waals surface area (Å²) in [6.45, 7) is 4.20. The highest BCUT2D eigenvalue weighted by atomic mass is 16.3. The predicted molar refractivity (Wildman–Crippen MR) is 222 cm³/mol. The van der Waals surface area contributed by atoms with E-state index in [1.54, 1.807) is 6.08 Å². The van der Waals surface area contributed by atoms with Gasteiger partial charge in [-0.1, -0.05) is 198 Å². The van der Waals surface area contributed by atoms with E-state index in [1.807, 2.05) is 6.08 Å². The van der Waals surface area contributed by atoms with Gasteiger partial charge in [0.15, 0.2) is 0 Å². The fraction of sp³-hybridized carbons (Fsp3) is 0.848. The van der Waals surface area contributed by atoms with Gasteiger partial charge in [-0.2, -0.15) is 0 Å². The number of rotatable bonds is 40. The van der Waals surface area contributed by atoms with E-state index in [9.17, 15) is 20.1 Å². The van der Waals surface area contributed by atoms with Crippen LogP contribution in [0.4, 0.5) is 0 Å². The topological polar surface area (TPSA) is 89.8 Å². The van der Waals surface area contributed by atoms with E-state index in [4.69, 9.17) is 0 Å². The van der Waals surface area contributed by atoms with Crippen molar-refractivity contribution in [2.24, 2.45) is 0 Å². The Morgan fingerprint density at radius 3 is 1.25 bits per heavy atom. The van der Waals surface area contributed by atoms with Crippen LogP contribution in [0.25, 0.3) is 0 Å². The number of aliphatic hydroxyl groups excluding tert-OH is 3. The van der Waals surface area contributed by atoms with Crippen LogP contribution in [0.15, 0.2) is 36.5 Å². The number of carbonyl (C=O) groups is 1. The highest BCUT2D eigenvalue weighted by molar-refractivity contribution is 5.76. The number of amides is 1. The van der Waals surface area contributed by atoms with E-state index in [0.29, 0.717) is 6.42 Å². The van der Waals surface area contributed by atoms with Gasteiger partial charge in [0.1, 0.15) is 0 Å². The van der Waals surface area contributed by atoms with Crippen molar-refractivity contribution in [3.8, 4) is 0 Å². The molecule has 0 rings (SSSR count). The molecule has 0 aliphatic heterocycles. The lowest BCUT2D eigenvalue weighted by Crippen LogP contribution is -2.45. The number of aliphatic hydroxyl groups is 3. The lowest BCUT2D eigenvalue weighted by molar-refractivity contribution is -0.124. The second-order valence-electron chi connectivity index (χ2n) is 15.3. The molecule has 0 radical (unpaired) electrons. The lowest BCUT2D eigenvalue weighted by Gasteiger charge is -2.20. The number of carbonyl (C=O) groups excluding carboxylic acids is 1. The lowest BCUT2D eigenvalue weighted by atomic mass is 10.0. The zero-order valence-corrected chi connectivity index (χ0v) is 34.0. The van der Waals surface area contributed by atoms with Crippen molar-refractivity contribution in [3.63, 3.8) is 0 Å². The third-order valence-corrected chi connectivity index (χ3v) is 10.1. The minimum atomic E-state index is -0.953. The largest absolute Gasteiger partial charge is 0.394 e. The summed E-state index contributed by atoms with van der Waals surface area (Å²) in [4.78, 5) is 12.4. The molecule has 0 aliphatic rings. The maximum absolute atomic E-state index is 12.4. The Morgan fingerprint density at radius 1 is 0.490 bits per heavy atom. The molecule has 0 fully saturated rings. The van der Waals surface area contributed by atoms with Gasteiger partial charge in [-0.3, -0.25) is 4.79 Å². The van der Waals surface area contributed by atoms with E-state index in [-0.39, 0.29) is 18.9 Å². The Morgan fingerprint density at radius 2 is 0.843 bits per heavy atom. The Hall–Kier alpha value is -1.43. The third-order valence-electron chi connectivity index (χ3n) is 10.1. The van der Waals surface area contributed by atoms with Crippen molar-refractivity contribution in [3.05, 3.63) is 36.5 Å². The molecule has 0 aromatic carbocycles. The molecule has 51 heavy (non-hydrogen) atoms. The number of hydrogen-bond donors (Lipinski definition) is 4. The van der Waals surface area contributed by atoms with Crippen molar-refractivity contribution in [1.29, 1.82) is 0 Å². The van der Waals surface area contributed by atoms with Crippen molar-refractivity contribution in [1.82, 2.24) is 5.32 Å². The van der Waals surface area contributed by atoms with Crippen LogP contribution in [0, 0.1) is 0 Å². The fourth-order valence-corrected chi connectivity index (χ4v) is 6.70. The second-order valence-corrected chi connectivity index (χ2v) is 15.3. The number of unbranched alkanes of at least 4 members (excludes halogenated alkanes) is 27. The molecule has 0 bridgehead atoms. The molecule has 1 amide bonds. The van der Waals surface area contributed by atoms with E-state index < -0.39 is 18.2 Å². The average Bonchev–Trinajstić information content (AvgIpc) is 3.12.